The number of anilines is 3. The molecule has 0 bridgehead atoms. The molecule has 0 aliphatic heterocycles. The van der Waals surface area contributed by atoms with E-state index in [-0.39, 0.29) is 29.9 Å². The van der Waals surface area contributed by atoms with Crippen molar-refractivity contribution >= 4 is 69.6 Å². The second-order valence-electron chi connectivity index (χ2n) is 6.66. The molecule has 0 saturated carbocycles. The van der Waals surface area contributed by atoms with E-state index in [9.17, 15) is 14.4 Å². The van der Waals surface area contributed by atoms with Gasteiger partial charge in [0.15, 0.2) is 4.34 Å². The number of thioether (sulfide) groups is 2. The van der Waals surface area contributed by atoms with Gasteiger partial charge in [-0.05, 0) is 42.7 Å². The summed E-state index contributed by atoms with van der Waals surface area (Å²) in [6.45, 7) is 1.43. The van der Waals surface area contributed by atoms with Crippen molar-refractivity contribution in [1.29, 1.82) is 0 Å². The first-order valence-electron chi connectivity index (χ1n) is 9.60. The number of thiazole rings is 1. The van der Waals surface area contributed by atoms with Gasteiger partial charge in [0, 0.05) is 34.3 Å². The van der Waals surface area contributed by atoms with E-state index in [4.69, 9.17) is 0 Å². The van der Waals surface area contributed by atoms with E-state index in [0.717, 1.165) is 14.9 Å². The van der Waals surface area contributed by atoms with Crippen molar-refractivity contribution in [2.45, 2.75) is 22.6 Å². The van der Waals surface area contributed by atoms with Crippen LogP contribution in [-0.4, -0.2) is 34.7 Å². The van der Waals surface area contributed by atoms with E-state index >= 15 is 0 Å². The molecule has 1 heterocycles. The third-order valence-corrected chi connectivity index (χ3v) is 6.81. The third-order valence-electron chi connectivity index (χ3n) is 4.02. The zero-order valence-corrected chi connectivity index (χ0v) is 20.0. The number of nitrogens with one attached hydrogen (secondary N) is 3. The van der Waals surface area contributed by atoms with Gasteiger partial charge in [-0.1, -0.05) is 23.9 Å². The van der Waals surface area contributed by atoms with Crippen molar-refractivity contribution < 1.29 is 14.4 Å². The summed E-state index contributed by atoms with van der Waals surface area (Å²) < 4.78 is 0.722. The number of hydrogen-bond donors (Lipinski definition) is 3. The largest absolute Gasteiger partial charge is 0.326 e. The average molecular weight is 487 g/mol. The Labute approximate surface area is 198 Å². The SMILES string of the molecule is CSc1cccc(NC(=O)Cc2csc(SCC(=O)Nc3cccc(NC(C)=O)c3)n2)c1. The van der Waals surface area contributed by atoms with Crippen LogP contribution in [0.4, 0.5) is 17.1 Å². The number of nitrogens with zero attached hydrogens (tertiary/aromatic N) is 1. The first-order valence-corrected chi connectivity index (χ1v) is 12.7. The maximum atomic E-state index is 12.3. The van der Waals surface area contributed by atoms with Crippen LogP contribution in [0, 0.1) is 0 Å². The van der Waals surface area contributed by atoms with Crippen LogP contribution in [0.15, 0.2) is 63.1 Å². The Bertz CT molecular complexity index is 1120. The lowest BCUT2D eigenvalue weighted by Gasteiger charge is -2.07. The molecule has 2 aromatic carbocycles. The molecule has 166 valence electrons. The summed E-state index contributed by atoms with van der Waals surface area (Å²) >= 11 is 4.33. The van der Waals surface area contributed by atoms with Gasteiger partial charge in [0.1, 0.15) is 0 Å². The molecule has 0 aliphatic rings. The minimum absolute atomic E-state index is 0.137. The summed E-state index contributed by atoms with van der Waals surface area (Å²) in [5.74, 6) is -0.309. The number of rotatable bonds is 9. The zero-order valence-electron chi connectivity index (χ0n) is 17.5. The number of benzene rings is 2. The molecule has 0 aliphatic carbocycles. The van der Waals surface area contributed by atoms with Crippen molar-refractivity contribution in [2.75, 3.05) is 28.0 Å². The molecular formula is C22H22N4O3S3. The van der Waals surface area contributed by atoms with Crippen LogP contribution in [0.25, 0.3) is 0 Å². The van der Waals surface area contributed by atoms with Crippen LogP contribution in [0.2, 0.25) is 0 Å². The fraction of sp³-hybridized carbons (Fsp3) is 0.182. The highest BCUT2D eigenvalue weighted by Crippen LogP contribution is 2.24. The van der Waals surface area contributed by atoms with Crippen LogP contribution in [0.3, 0.4) is 0 Å². The molecule has 3 N–H and O–H groups in total. The van der Waals surface area contributed by atoms with Gasteiger partial charge in [-0.15, -0.1) is 23.1 Å². The fourth-order valence-corrected chi connectivity index (χ4v) is 4.81. The Morgan fingerprint density at radius 3 is 2.31 bits per heavy atom. The molecule has 10 heteroatoms. The van der Waals surface area contributed by atoms with Crippen LogP contribution < -0.4 is 16.0 Å². The van der Waals surface area contributed by atoms with Gasteiger partial charge in [0.25, 0.3) is 0 Å². The van der Waals surface area contributed by atoms with Gasteiger partial charge in [0.2, 0.25) is 17.7 Å². The first-order chi connectivity index (χ1) is 15.4. The molecule has 0 fully saturated rings. The molecule has 3 amide bonds. The summed E-state index contributed by atoms with van der Waals surface area (Å²) in [6.07, 6.45) is 2.15. The highest BCUT2D eigenvalue weighted by molar-refractivity contribution is 8.01. The summed E-state index contributed by atoms with van der Waals surface area (Å²) in [5.41, 5.74) is 2.64. The van der Waals surface area contributed by atoms with Gasteiger partial charge in [0.05, 0.1) is 17.9 Å². The Morgan fingerprint density at radius 2 is 1.59 bits per heavy atom. The molecule has 32 heavy (non-hydrogen) atoms. The number of amides is 3. The molecule has 1 aromatic heterocycles. The van der Waals surface area contributed by atoms with Crippen LogP contribution in [0.5, 0.6) is 0 Å². The molecule has 3 rings (SSSR count). The Morgan fingerprint density at radius 1 is 0.938 bits per heavy atom. The normalized spacial score (nSPS) is 10.4. The van der Waals surface area contributed by atoms with E-state index < -0.39 is 0 Å². The van der Waals surface area contributed by atoms with Crippen LogP contribution >= 0.6 is 34.9 Å². The molecule has 7 nitrogen and oxygen atoms in total. The second kappa shape index (κ2) is 11.7. The van der Waals surface area contributed by atoms with Gasteiger partial charge >= 0.3 is 0 Å². The smallest absolute Gasteiger partial charge is 0.234 e. The molecule has 0 radical (unpaired) electrons. The number of hydrogen-bond acceptors (Lipinski definition) is 7. The number of carbonyl (C=O) groups excluding carboxylic acids is 3. The van der Waals surface area contributed by atoms with Crippen LogP contribution in [0.1, 0.15) is 12.6 Å². The highest BCUT2D eigenvalue weighted by atomic mass is 32.2. The van der Waals surface area contributed by atoms with Gasteiger partial charge < -0.3 is 16.0 Å². The highest BCUT2D eigenvalue weighted by Gasteiger charge is 2.11. The van der Waals surface area contributed by atoms with E-state index in [1.807, 2.05) is 35.9 Å². The average Bonchev–Trinajstić information content (AvgIpc) is 3.19. The van der Waals surface area contributed by atoms with Crippen molar-refractivity contribution in [1.82, 2.24) is 4.98 Å². The van der Waals surface area contributed by atoms with Crippen molar-refractivity contribution in [3.63, 3.8) is 0 Å². The third kappa shape index (κ3) is 7.70. The molecule has 0 saturated heterocycles. The van der Waals surface area contributed by atoms with Crippen molar-refractivity contribution in [3.8, 4) is 0 Å². The van der Waals surface area contributed by atoms with Crippen molar-refractivity contribution in [2.24, 2.45) is 0 Å². The Hall–Kier alpha value is -2.82. The number of carbonyl (C=O) groups is 3. The molecule has 0 atom stereocenters. The second-order valence-corrected chi connectivity index (χ2v) is 9.62. The predicted molar refractivity (Wildman–Crippen MR) is 133 cm³/mol. The molecular weight excluding hydrogens is 464 g/mol. The Balaban J connectivity index is 1.47. The molecule has 3 aromatic rings. The molecule has 0 spiro atoms. The monoisotopic (exact) mass is 486 g/mol. The lowest BCUT2D eigenvalue weighted by atomic mass is 10.2. The minimum Gasteiger partial charge on any atom is -0.326 e. The van der Waals surface area contributed by atoms with Gasteiger partial charge in [-0.25, -0.2) is 4.98 Å². The first kappa shape index (κ1) is 23.8. The standard InChI is InChI=1S/C22H22N4O3S3/c1-14(27)23-15-5-3-6-16(9-15)25-21(29)13-32-22-26-18(12-31-22)11-20(28)24-17-7-4-8-19(10-17)30-2/h3-10,12H,11,13H2,1-2H3,(H,23,27)(H,24,28)(H,25,29). The summed E-state index contributed by atoms with van der Waals surface area (Å²) in [5, 5.41) is 10.2. The van der Waals surface area contributed by atoms with E-state index in [1.54, 1.807) is 36.0 Å². The van der Waals surface area contributed by atoms with Crippen LogP contribution in [-0.2, 0) is 20.8 Å². The predicted octanol–water partition coefficient (Wildman–Crippen LogP) is 4.74. The maximum Gasteiger partial charge on any atom is 0.234 e. The zero-order chi connectivity index (χ0) is 22.9. The quantitative estimate of drug-likeness (QED) is 0.378. The summed E-state index contributed by atoms with van der Waals surface area (Å²) in [6, 6.07) is 14.6. The lowest BCUT2D eigenvalue weighted by Crippen LogP contribution is -2.15. The number of aromatic nitrogens is 1. The topological polar surface area (TPSA) is 100 Å². The lowest BCUT2D eigenvalue weighted by molar-refractivity contribution is -0.116. The Kier molecular flexibility index (Phi) is 8.72. The van der Waals surface area contributed by atoms with E-state index in [0.29, 0.717) is 17.1 Å². The fourth-order valence-electron chi connectivity index (χ4n) is 2.71. The minimum atomic E-state index is -0.182. The van der Waals surface area contributed by atoms with Gasteiger partial charge in [-0.3, -0.25) is 14.4 Å². The van der Waals surface area contributed by atoms with E-state index in [1.165, 1.54) is 30.0 Å². The van der Waals surface area contributed by atoms with E-state index in [2.05, 4.69) is 20.9 Å². The summed E-state index contributed by atoms with van der Waals surface area (Å²) in [7, 11) is 0. The summed E-state index contributed by atoms with van der Waals surface area (Å²) in [4.78, 5) is 41.2. The molecule has 0 unspecified atom stereocenters. The van der Waals surface area contributed by atoms with Gasteiger partial charge in [-0.2, -0.15) is 0 Å². The van der Waals surface area contributed by atoms with Crippen molar-refractivity contribution in [3.05, 3.63) is 59.6 Å². The maximum absolute atomic E-state index is 12.3.